The molecular formula is C17H19N3O4. The Labute approximate surface area is 139 Å². The van der Waals surface area contributed by atoms with Crippen LogP contribution in [0, 0.1) is 0 Å². The van der Waals surface area contributed by atoms with Gasteiger partial charge in [-0.25, -0.2) is 4.79 Å². The number of anilines is 2. The summed E-state index contributed by atoms with van der Waals surface area (Å²) in [5, 5.41) is 14.7. The van der Waals surface area contributed by atoms with Crippen molar-refractivity contribution in [3.8, 4) is 5.75 Å². The van der Waals surface area contributed by atoms with Crippen LogP contribution in [0.2, 0.25) is 0 Å². The zero-order valence-electron chi connectivity index (χ0n) is 13.2. The summed E-state index contributed by atoms with van der Waals surface area (Å²) in [6, 6.07) is 11.3. The molecule has 0 heterocycles. The van der Waals surface area contributed by atoms with Gasteiger partial charge in [0.15, 0.2) is 0 Å². The Bertz CT molecular complexity index is 746. The summed E-state index contributed by atoms with van der Waals surface area (Å²) < 4.78 is 5.42. The van der Waals surface area contributed by atoms with Crippen molar-refractivity contribution in [2.45, 2.75) is 0 Å². The summed E-state index contributed by atoms with van der Waals surface area (Å²) in [6.45, 7) is 0.399. The van der Waals surface area contributed by atoms with Crippen molar-refractivity contribution < 1.29 is 19.4 Å². The van der Waals surface area contributed by atoms with Gasteiger partial charge in [-0.15, -0.1) is 0 Å². The largest absolute Gasteiger partial charge is 0.491 e. The molecule has 0 spiro atoms. The fraction of sp³-hybridized carbons (Fsp3) is 0.176. The Morgan fingerprint density at radius 2 is 1.96 bits per heavy atom. The lowest BCUT2D eigenvalue weighted by molar-refractivity contribution is 0.0691. The first-order chi connectivity index (χ1) is 11.5. The van der Waals surface area contributed by atoms with Gasteiger partial charge in [-0.3, -0.25) is 4.79 Å². The number of nitrogens with two attached hydrogens (primary N) is 1. The molecule has 0 atom stereocenters. The van der Waals surface area contributed by atoms with E-state index >= 15 is 0 Å². The fourth-order valence-corrected chi connectivity index (χ4v) is 2.11. The minimum absolute atomic E-state index is 0.0843. The van der Waals surface area contributed by atoms with E-state index in [2.05, 4.69) is 10.6 Å². The number of carboxylic acid groups (broad SMARTS) is 1. The van der Waals surface area contributed by atoms with Crippen molar-refractivity contribution in [1.82, 2.24) is 5.32 Å². The summed E-state index contributed by atoms with van der Waals surface area (Å²) in [5.74, 6) is -1.05. The molecule has 2 aromatic rings. The second-order valence-electron chi connectivity index (χ2n) is 4.96. The Morgan fingerprint density at radius 1 is 1.21 bits per heavy atom. The Hall–Kier alpha value is -3.22. The van der Waals surface area contributed by atoms with Crippen LogP contribution in [-0.4, -0.2) is 37.2 Å². The maximum atomic E-state index is 12.1. The first-order valence-corrected chi connectivity index (χ1v) is 7.33. The number of rotatable bonds is 7. The molecule has 0 unspecified atom stereocenters. The molecule has 0 aliphatic heterocycles. The standard InChI is InChI=1S/C17H19N3O4/c1-19-14-10-11(6-7-13(14)18)16(21)20-8-9-24-15-5-3-2-4-12(15)17(22)23/h2-7,10,19H,8-9,18H2,1H3,(H,20,21)(H,22,23). The molecule has 0 saturated heterocycles. The monoisotopic (exact) mass is 329 g/mol. The molecule has 0 bridgehead atoms. The predicted molar refractivity (Wildman–Crippen MR) is 91.6 cm³/mol. The summed E-state index contributed by atoms with van der Waals surface area (Å²) in [7, 11) is 1.72. The molecule has 0 radical (unpaired) electrons. The fourth-order valence-electron chi connectivity index (χ4n) is 2.11. The van der Waals surface area contributed by atoms with Gasteiger partial charge in [0.2, 0.25) is 0 Å². The minimum Gasteiger partial charge on any atom is -0.491 e. The highest BCUT2D eigenvalue weighted by atomic mass is 16.5. The molecule has 0 aromatic heterocycles. The number of carboxylic acids is 1. The SMILES string of the molecule is CNc1cc(C(=O)NCCOc2ccccc2C(=O)O)ccc1N. The Kier molecular flexibility index (Phi) is 5.62. The third kappa shape index (κ3) is 4.16. The average Bonchev–Trinajstić information content (AvgIpc) is 2.59. The molecule has 0 fully saturated rings. The van der Waals surface area contributed by atoms with Crippen LogP contribution in [0.3, 0.4) is 0 Å². The topological polar surface area (TPSA) is 114 Å². The molecule has 126 valence electrons. The zero-order valence-corrected chi connectivity index (χ0v) is 13.2. The molecule has 0 aliphatic carbocycles. The smallest absolute Gasteiger partial charge is 0.339 e. The van der Waals surface area contributed by atoms with Crippen LogP contribution >= 0.6 is 0 Å². The van der Waals surface area contributed by atoms with E-state index in [1.54, 1.807) is 43.4 Å². The molecule has 0 saturated carbocycles. The lowest BCUT2D eigenvalue weighted by Crippen LogP contribution is -2.28. The molecule has 2 aromatic carbocycles. The number of hydrogen-bond acceptors (Lipinski definition) is 5. The van der Waals surface area contributed by atoms with E-state index in [-0.39, 0.29) is 30.4 Å². The van der Waals surface area contributed by atoms with Crippen LogP contribution in [0.15, 0.2) is 42.5 Å². The molecule has 24 heavy (non-hydrogen) atoms. The van der Waals surface area contributed by atoms with E-state index in [0.29, 0.717) is 16.9 Å². The number of amides is 1. The van der Waals surface area contributed by atoms with E-state index in [1.165, 1.54) is 6.07 Å². The van der Waals surface area contributed by atoms with E-state index in [0.717, 1.165) is 0 Å². The Morgan fingerprint density at radius 3 is 2.67 bits per heavy atom. The molecule has 2 rings (SSSR count). The van der Waals surface area contributed by atoms with Gasteiger partial charge >= 0.3 is 5.97 Å². The number of carbonyl (C=O) groups excluding carboxylic acids is 1. The molecule has 7 heteroatoms. The highest BCUT2D eigenvalue weighted by Gasteiger charge is 2.11. The van der Waals surface area contributed by atoms with Crippen molar-refractivity contribution in [3.63, 3.8) is 0 Å². The Balaban J connectivity index is 1.89. The third-order valence-corrected chi connectivity index (χ3v) is 3.35. The lowest BCUT2D eigenvalue weighted by Gasteiger charge is -2.11. The van der Waals surface area contributed by atoms with Gasteiger partial charge in [0.1, 0.15) is 17.9 Å². The molecule has 5 N–H and O–H groups in total. The zero-order chi connectivity index (χ0) is 17.5. The average molecular weight is 329 g/mol. The van der Waals surface area contributed by atoms with Gasteiger partial charge in [0.25, 0.3) is 5.91 Å². The van der Waals surface area contributed by atoms with Gasteiger partial charge in [-0.1, -0.05) is 12.1 Å². The van der Waals surface area contributed by atoms with E-state index in [1.807, 2.05) is 0 Å². The van der Waals surface area contributed by atoms with Gasteiger partial charge in [0, 0.05) is 12.6 Å². The van der Waals surface area contributed by atoms with Crippen LogP contribution < -0.4 is 21.1 Å². The van der Waals surface area contributed by atoms with Crippen LogP contribution in [-0.2, 0) is 0 Å². The van der Waals surface area contributed by atoms with Crippen molar-refractivity contribution >= 4 is 23.3 Å². The third-order valence-electron chi connectivity index (χ3n) is 3.35. The number of carbonyl (C=O) groups is 2. The maximum Gasteiger partial charge on any atom is 0.339 e. The number of aromatic carboxylic acids is 1. The van der Waals surface area contributed by atoms with Crippen molar-refractivity contribution in [2.24, 2.45) is 0 Å². The van der Waals surface area contributed by atoms with Crippen molar-refractivity contribution in [1.29, 1.82) is 0 Å². The molecule has 7 nitrogen and oxygen atoms in total. The lowest BCUT2D eigenvalue weighted by atomic mass is 10.1. The quantitative estimate of drug-likeness (QED) is 0.455. The van der Waals surface area contributed by atoms with Crippen LogP contribution in [0.1, 0.15) is 20.7 Å². The van der Waals surface area contributed by atoms with Gasteiger partial charge in [0.05, 0.1) is 17.9 Å². The first-order valence-electron chi connectivity index (χ1n) is 7.33. The normalized spacial score (nSPS) is 10.0. The highest BCUT2D eigenvalue weighted by Crippen LogP contribution is 2.19. The first kappa shape index (κ1) is 17.1. The van der Waals surface area contributed by atoms with Crippen LogP contribution in [0.5, 0.6) is 5.75 Å². The van der Waals surface area contributed by atoms with Crippen LogP contribution in [0.25, 0.3) is 0 Å². The summed E-state index contributed by atoms with van der Waals surface area (Å²) >= 11 is 0. The summed E-state index contributed by atoms with van der Waals surface area (Å²) in [5.41, 5.74) is 7.55. The second kappa shape index (κ2) is 7.87. The molecular weight excluding hydrogens is 310 g/mol. The van der Waals surface area contributed by atoms with Crippen molar-refractivity contribution in [2.75, 3.05) is 31.2 Å². The number of ether oxygens (including phenoxy) is 1. The van der Waals surface area contributed by atoms with E-state index in [4.69, 9.17) is 15.6 Å². The maximum absolute atomic E-state index is 12.1. The van der Waals surface area contributed by atoms with Crippen molar-refractivity contribution in [3.05, 3.63) is 53.6 Å². The summed E-state index contributed by atoms with van der Waals surface area (Å²) in [4.78, 5) is 23.2. The van der Waals surface area contributed by atoms with E-state index < -0.39 is 5.97 Å². The second-order valence-corrected chi connectivity index (χ2v) is 4.96. The highest BCUT2D eigenvalue weighted by molar-refractivity contribution is 5.96. The van der Waals surface area contributed by atoms with Gasteiger partial charge in [-0.05, 0) is 30.3 Å². The van der Waals surface area contributed by atoms with Gasteiger partial charge < -0.3 is 26.2 Å². The number of hydrogen-bond donors (Lipinski definition) is 4. The minimum atomic E-state index is -1.06. The summed E-state index contributed by atoms with van der Waals surface area (Å²) in [6.07, 6.45) is 0. The number of nitrogens with one attached hydrogen (secondary N) is 2. The molecule has 0 aliphatic rings. The van der Waals surface area contributed by atoms with E-state index in [9.17, 15) is 9.59 Å². The van der Waals surface area contributed by atoms with Gasteiger partial charge in [-0.2, -0.15) is 0 Å². The predicted octanol–water partition coefficient (Wildman–Crippen LogP) is 1.82. The molecule has 1 amide bonds. The van der Waals surface area contributed by atoms with Crippen LogP contribution in [0.4, 0.5) is 11.4 Å². The number of para-hydroxylation sites is 1. The number of nitrogen functional groups attached to an aromatic ring is 1. The number of benzene rings is 2.